The van der Waals surface area contributed by atoms with E-state index in [1.54, 1.807) is 30.6 Å². The van der Waals surface area contributed by atoms with Crippen molar-refractivity contribution in [2.45, 2.75) is 25.1 Å². The van der Waals surface area contributed by atoms with Crippen molar-refractivity contribution < 1.29 is 53.9 Å². The molecule has 0 saturated heterocycles. The van der Waals surface area contributed by atoms with Crippen molar-refractivity contribution in [2.75, 3.05) is 0 Å². The van der Waals surface area contributed by atoms with Gasteiger partial charge in [-0.1, -0.05) is 24.9 Å². The molecule has 0 saturated carbocycles. The van der Waals surface area contributed by atoms with Gasteiger partial charge in [-0.2, -0.15) is 13.2 Å². The second kappa shape index (κ2) is 13.1. The van der Waals surface area contributed by atoms with Gasteiger partial charge in [0.15, 0.2) is 0 Å². The van der Waals surface area contributed by atoms with Crippen LogP contribution in [0.25, 0.3) is 6.08 Å². The Balaban J connectivity index is 0.00000432. The number of halogens is 3. The molecule has 0 fully saturated rings. The predicted octanol–water partition coefficient (Wildman–Crippen LogP) is 3.90. The van der Waals surface area contributed by atoms with Crippen molar-refractivity contribution in [3.63, 3.8) is 0 Å². The van der Waals surface area contributed by atoms with Crippen LogP contribution in [0.4, 0.5) is 13.2 Å². The molecule has 1 unspecified atom stereocenters. The summed E-state index contributed by atoms with van der Waals surface area (Å²) in [5.74, 6) is -0.918. The van der Waals surface area contributed by atoms with Gasteiger partial charge in [0.1, 0.15) is 17.9 Å². The van der Waals surface area contributed by atoms with E-state index in [0.717, 1.165) is 12.3 Å². The number of aromatic nitrogens is 3. The van der Waals surface area contributed by atoms with E-state index >= 15 is 0 Å². The number of aldehydes is 1. The van der Waals surface area contributed by atoms with Gasteiger partial charge < -0.3 is 17.0 Å². The van der Waals surface area contributed by atoms with Crippen LogP contribution in [0.15, 0.2) is 67.3 Å². The minimum absolute atomic E-state index is 0. The zero-order valence-electron chi connectivity index (χ0n) is 18.3. The molecule has 35 heavy (non-hydrogen) atoms. The largest absolute Gasteiger partial charge is 2.00 e. The molecule has 6 nitrogen and oxygen atoms in total. The molecule has 176 valence electrons. The third kappa shape index (κ3) is 8.57. The van der Waals surface area contributed by atoms with Crippen molar-refractivity contribution in [1.82, 2.24) is 20.3 Å². The first-order chi connectivity index (χ1) is 16.3. The molecule has 0 aromatic carbocycles. The molecule has 0 aliphatic heterocycles. The van der Waals surface area contributed by atoms with Crippen molar-refractivity contribution in [1.29, 1.82) is 0 Å². The molecule has 0 aliphatic rings. The number of alkyl halides is 3. The summed E-state index contributed by atoms with van der Waals surface area (Å²) < 4.78 is 38.2. The number of carbonyl (C=O) groups excluding carboxylic acids is 2. The molecule has 0 radical (unpaired) electrons. The molecular weight excluding hydrogens is 683 g/mol. The van der Waals surface area contributed by atoms with E-state index in [-0.39, 0.29) is 49.7 Å². The van der Waals surface area contributed by atoms with Gasteiger partial charge in [-0.25, -0.2) is 12.1 Å². The average molecular weight is 702 g/mol. The van der Waals surface area contributed by atoms with Crippen LogP contribution in [0.3, 0.4) is 0 Å². The number of nitrogens with zero attached hydrogens (tertiary/aromatic N) is 3. The van der Waals surface area contributed by atoms with E-state index in [9.17, 15) is 22.8 Å². The second-order valence-corrected chi connectivity index (χ2v) is 7.25. The maximum atomic E-state index is 12.7. The van der Waals surface area contributed by atoms with Crippen molar-refractivity contribution in [3.05, 3.63) is 107 Å². The smallest absolute Gasteiger partial charge is 0.364 e. The van der Waals surface area contributed by atoms with Crippen LogP contribution >= 0.6 is 0 Å². The molecule has 3 heterocycles. The van der Waals surface area contributed by atoms with Crippen LogP contribution in [-0.4, -0.2) is 27.1 Å². The van der Waals surface area contributed by atoms with Crippen molar-refractivity contribution in [2.24, 2.45) is 0 Å². The third-order valence-corrected chi connectivity index (χ3v) is 4.84. The summed E-state index contributed by atoms with van der Waals surface area (Å²) in [4.78, 5) is 34.9. The molecule has 1 atom stereocenters. The van der Waals surface area contributed by atoms with Crippen LogP contribution in [0.2, 0.25) is 0 Å². The van der Waals surface area contributed by atoms with Crippen LogP contribution in [0.1, 0.15) is 34.0 Å². The predicted molar refractivity (Wildman–Crippen MR) is 118 cm³/mol. The minimum Gasteiger partial charge on any atom is -0.364 e. The summed E-state index contributed by atoms with van der Waals surface area (Å²) >= 11 is 0. The van der Waals surface area contributed by atoms with Crippen LogP contribution < -0.4 is 5.32 Å². The number of allylic oxidation sites excluding steroid dienone is 1. The number of amides is 1. The number of rotatable bonds is 9. The zero-order valence-corrected chi connectivity index (χ0v) is 22.5. The molecule has 0 spiro atoms. The van der Waals surface area contributed by atoms with Gasteiger partial charge in [-0.05, 0) is 41.5 Å². The molecule has 0 bridgehead atoms. The summed E-state index contributed by atoms with van der Waals surface area (Å²) in [7, 11) is 0. The number of hydrogen-bond donors (Lipinski definition) is 1. The van der Waals surface area contributed by atoms with Gasteiger partial charge in [0.05, 0.1) is 12.2 Å². The fraction of sp³-hybridized carbons (Fsp3) is 0.160. The minimum atomic E-state index is -4.52. The van der Waals surface area contributed by atoms with Crippen LogP contribution in [0, 0.1) is 43.3 Å². The standard InChI is InChI=1S/C25H19F3N4O2.U/c1-17(16-33)22(12-19-2-6-23(31-13-19)25(26,27)28)20-4-5-21(30-14-20)15-32-24(34)7-3-18-8-10-29-11-9-18;/h2-6,8,10-11,13-14,16,22H,1,12,15H2,(H,32,34);/q-2;+2. The van der Waals surface area contributed by atoms with Gasteiger partial charge in [0.2, 0.25) is 0 Å². The molecule has 10 heteroatoms. The molecule has 3 aromatic rings. The van der Waals surface area contributed by atoms with Crippen LogP contribution in [0.5, 0.6) is 0 Å². The third-order valence-electron chi connectivity index (χ3n) is 4.84. The van der Waals surface area contributed by atoms with E-state index in [4.69, 9.17) is 0 Å². The maximum Gasteiger partial charge on any atom is 2.00 e. The van der Waals surface area contributed by atoms with Gasteiger partial charge >= 0.3 is 37.3 Å². The maximum absolute atomic E-state index is 12.7. The Labute approximate surface area is 224 Å². The fourth-order valence-electron chi connectivity index (χ4n) is 3.02. The topological polar surface area (TPSA) is 84.8 Å². The SMILES string of the molecule is C=C(C=O)C(Cc1ccc(C(F)(F)F)nc1)c1ccc(CNC(=O)[C-]=Cc2[c-]cncc2)nc1.[U+2]. The first-order valence-electron chi connectivity index (χ1n) is 10.1. The molecule has 3 rings (SSSR count). The Morgan fingerprint density at radius 1 is 1.17 bits per heavy atom. The summed E-state index contributed by atoms with van der Waals surface area (Å²) in [6, 6.07) is 10.2. The van der Waals surface area contributed by atoms with Crippen LogP contribution in [-0.2, 0) is 28.7 Å². The zero-order chi connectivity index (χ0) is 24.6. The first kappa shape index (κ1) is 28.2. The van der Waals surface area contributed by atoms with E-state index in [2.05, 4.69) is 39.0 Å². The van der Waals surface area contributed by atoms with Gasteiger partial charge in [-0.3, -0.25) is 30.6 Å². The molecule has 1 amide bonds. The number of pyridine rings is 3. The average Bonchev–Trinajstić information content (AvgIpc) is 2.85. The Bertz CT molecular complexity index is 1170. The first-order valence-corrected chi connectivity index (χ1v) is 10.1. The fourth-order valence-corrected chi connectivity index (χ4v) is 3.02. The molecular formula is C25H19F3N4O2U. The van der Waals surface area contributed by atoms with E-state index in [1.807, 2.05) is 0 Å². The summed E-state index contributed by atoms with van der Waals surface area (Å²) in [5, 5.41) is 2.66. The Morgan fingerprint density at radius 2 is 1.97 bits per heavy atom. The Morgan fingerprint density at radius 3 is 2.54 bits per heavy atom. The summed E-state index contributed by atoms with van der Waals surface area (Å²) in [6.45, 7) is 3.91. The van der Waals surface area contributed by atoms with E-state index < -0.39 is 23.7 Å². The molecule has 0 aliphatic carbocycles. The monoisotopic (exact) mass is 702 g/mol. The summed E-state index contributed by atoms with van der Waals surface area (Å²) in [5.41, 5.74) is 1.69. The Hall–Kier alpha value is -3.09. The van der Waals surface area contributed by atoms with Gasteiger partial charge in [0.25, 0.3) is 0 Å². The van der Waals surface area contributed by atoms with E-state index in [1.165, 1.54) is 18.3 Å². The number of hydrogen-bond acceptors (Lipinski definition) is 5. The number of nitrogens with one attached hydrogen (secondary N) is 1. The second-order valence-electron chi connectivity index (χ2n) is 7.25. The molecule has 1 N–H and O–H groups in total. The van der Waals surface area contributed by atoms with E-state index in [0.29, 0.717) is 28.7 Å². The Kier molecular flexibility index (Phi) is 10.6. The number of carbonyl (C=O) groups is 2. The molecule has 3 aromatic heterocycles. The van der Waals surface area contributed by atoms with Crippen molar-refractivity contribution in [3.8, 4) is 0 Å². The quantitative estimate of drug-likeness (QED) is 0.208. The normalized spacial score (nSPS) is 12.0. The van der Waals surface area contributed by atoms with Gasteiger partial charge in [0, 0.05) is 18.3 Å². The van der Waals surface area contributed by atoms with Gasteiger partial charge in [-0.15, -0.1) is 0 Å². The summed E-state index contributed by atoms with van der Waals surface area (Å²) in [6.07, 6.45) is 6.12. The van der Waals surface area contributed by atoms with Crippen molar-refractivity contribution >= 4 is 18.3 Å².